The highest BCUT2D eigenvalue weighted by atomic mass is 16.5. The van der Waals surface area contributed by atoms with Crippen LogP contribution < -0.4 is 10.6 Å². The van der Waals surface area contributed by atoms with Crippen molar-refractivity contribution in [2.45, 2.75) is 32.7 Å². The minimum absolute atomic E-state index is 0.0243. The van der Waals surface area contributed by atoms with Crippen LogP contribution in [0.4, 0.5) is 5.69 Å². The Morgan fingerprint density at radius 1 is 1.47 bits per heavy atom. The van der Waals surface area contributed by atoms with Crippen LogP contribution in [0, 0.1) is 6.92 Å². The number of anilines is 1. The first-order chi connectivity index (χ1) is 9.08. The molecule has 0 aliphatic carbocycles. The quantitative estimate of drug-likeness (QED) is 0.876. The molecule has 2 N–H and O–H groups in total. The Balaban J connectivity index is 2.09. The van der Waals surface area contributed by atoms with Crippen molar-refractivity contribution in [2.75, 3.05) is 25.1 Å². The molecule has 0 bridgehead atoms. The molecule has 1 fully saturated rings. The number of aryl methyl sites for hydroxylation is 1. The van der Waals surface area contributed by atoms with E-state index >= 15 is 0 Å². The standard InChI is InChI=1S/C15H22N2O2/c1-10(2)12-5-4-11(3)13(8-12)17-15(18)14-9-19-7-6-16-14/h4-5,8,10,14,16H,6-7,9H2,1-3H3,(H,17,18). The maximum absolute atomic E-state index is 12.1. The van der Waals surface area contributed by atoms with E-state index < -0.39 is 0 Å². The number of carbonyl (C=O) groups excluding carboxylic acids is 1. The third kappa shape index (κ3) is 3.55. The van der Waals surface area contributed by atoms with Crippen LogP contribution in [0.15, 0.2) is 18.2 Å². The average Bonchev–Trinajstić information content (AvgIpc) is 2.42. The fourth-order valence-corrected chi connectivity index (χ4v) is 2.09. The molecule has 1 aromatic carbocycles. The molecule has 1 heterocycles. The highest BCUT2D eigenvalue weighted by Crippen LogP contribution is 2.22. The Kier molecular flexibility index (Phi) is 4.56. The van der Waals surface area contributed by atoms with Gasteiger partial charge in [-0.3, -0.25) is 4.79 Å². The predicted molar refractivity (Wildman–Crippen MR) is 76.5 cm³/mol. The van der Waals surface area contributed by atoms with E-state index in [2.05, 4.69) is 42.7 Å². The van der Waals surface area contributed by atoms with Gasteiger partial charge in [-0.15, -0.1) is 0 Å². The average molecular weight is 262 g/mol. The third-order valence-electron chi connectivity index (χ3n) is 3.42. The van der Waals surface area contributed by atoms with E-state index in [-0.39, 0.29) is 11.9 Å². The number of hydrogen-bond acceptors (Lipinski definition) is 3. The first-order valence-corrected chi connectivity index (χ1v) is 6.80. The summed E-state index contributed by atoms with van der Waals surface area (Å²) in [7, 11) is 0. The molecule has 1 unspecified atom stereocenters. The van der Waals surface area contributed by atoms with Gasteiger partial charge < -0.3 is 15.4 Å². The maximum atomic E-state index is 12.1. The highest BCUT2D eigenvalue weighted by molar-refractivity contribution is 5.95. The smallest absolute Gasteiger partial charge is 0.243 e. The minimum atomic E-state index is -0.254. The third-order valence-corrected chi connectivity index (χ3v) is 3.42. The van der Waals surface area contributed by atoms with Crippen LogP contribution in [0.1, 0.15) is 30.9 Å². The molecule has 1 saturated heterocycles. The summed E-state index contributed by atoms with van der Waals surface area (Å²) in [6, 6.07) is 5.96. The molecular weight excluding hydrogens is 240 g/mol. The van der Waals surface area contributed by atoms with Crippen molar-refractivity contribution in [3.63, 3.8) is 0 Å². The Morgan fingerprint density at radius 2 is 2.26 bits per heavy atom. The van der Waals surface area contributed by atoms with Crippen LogP contribution in [0.3, 0.4) is 0 Å². The van der Waals surface area contributed by atoms with Gasteiger partial charge in [0.2, 0.25) is 5.91 Å². The van der Waals surface area contributed by atoms with Gasteiger partial charge in [-0.05, 0) is 30.0 Å². The molecule has 0 radical (unpaired) electrons. The Bertz CT molecular complexity index is 451. The van der Waals surface area contributed by atoms with Crippen LogP contribution in [0.2, 0.25) is 0 Å². The summed E-state index contributed by atoms with van der Waals surface area (Å²) in [6.45, 7) is 8.13. The van der Waals surface area contributed by atoms with E-state index in [9.17, 15) is 4.79 Å². The molecule has 4 nitrogen and oxygen atoms in total. The van der Waals surface area contributed by atoms with Crippen LogP contribution >= 0.6 is 0 Å². The Hall–Kier alpha value is -1.39. The first kappa shape index (κ1) is 14.0. The fraction of sp³-hybridized carbons (Fsp3) is 0.533. The normalized spacial score (nSPS) is 19.5. The molecule has 104 valence electrons. The molecule has 0 saturated carbocycles. The summed E-state index contributed by atoms with van der Waals surface area (Å²) < 4.78 is 5.31. The minimum Gasteiger partial charge on any atom is -0.378 e. The van der Waals surface area contributed by atoms with Crippen molar-refractivity contribution in [3.05, 3.63) is 29.3 Å². The van der Waals surface area contributed by atoms with Gasteiger partial charge in [0.05, 0.1) is 13.2 Å². The van der Waals surface area contributed by atoms with Gasteiger partial charge in [-0.1, -0.05) is 26.0 Å². The fourth-order valence-electron chi connectivity index (χ4n) is 2.09. The molecule has 1 aliphatic heterocycles. The highest BCUT2D eigenvalue weighted by Gasteiger charge is 2.21. The Morgan fingerprint density at radius 3 is 2.89 bits per heavy atom. The summed E-state index contributed by atoms with van der Waals surface area (Å²) in [5.41, 5.74) is 3.20. The number of ether oxygens (including phenoxy) is 1. The number of amides is 1. The molecule has 1 atom stereocenters. The number of rotatable bonds is 3. The van der Waals surface area contributed by atoms with Crippen molar-refractivity contribution in [1.29, 1.82) is 0 Å². The van der Waals surface area contributed by atoms with E-state index in [0.717, 1.165) is 17.8 Å². The number of carbonyl (C=O) groups is 1. The van der Waals surface area contributed by atoms with Gasteiger partial charge in [0.1, 0.15) is 6.04 Å². The van der Waals surface area contributed by atoms with Crippen molar-refractivity contribution in [1.82, 2.24) is 5.32 Å². The van der Waals surface area contributed by atoms with E-state index in [1.807, 2.05) is 6.92 Å². The molecule has 0 aromatic heterocycles. The van der Waals surface area contributed by atoms with Gasteiger partial charge >= 0.3 is 0 Å². The van der Waals surface area contributed by atoms with Crippen LogP contribution in [-0.2, 0) is 9.53 Å². The summed E-state index contributed by atoms with van der Waals surface area (Å²) in [6.07, 6.45) is 0. The topological polar surface area (TPSA) is 50.4 Å². The van der Waals surface area contributed by atoms with Crippen molar-refractivity contribution in [2.24, 2.45) is 0 Å². The Labute approximate surface area is 114 Å². The van der Waals surface area contributed by atoms with E-state index in [1.165, 1.54) is 5.56 Å². The summed E-state index contributed by atoms with van der Waals surface area (Å²) >= 11 is 0. The van der Waals surface area contributed by atoms with E-state index in [0.29, 0.717) is 19.1 Å². The molecule has 1 amide bonds. The van der Waals surface area contributed by atoms with Gasteiger partial charge in [0, 0.05) is 12.2 Å². The van der Waals surface area contributed by atoms with Crippen molar-refractivity contribution >= 4 is 11.6 Å². The van der Waals surface area contributed by atoms with Gasteiger partial charge in [0.25, 0.3) is 0 Å². The van der Waals surface area contributed by atoms with Gasteiger partial charge in [0.15, 0.2) is 0 Å². The number of morpholine rings is 1. The second-order valence-corrected chi connectivity index (χ2v) is 5.30. The second kappa shape index (κ2) is 6.17. The van der Waals surface area contributed by atoms with Crippen molar-refractivity contribution < 1.29 is 9.53 Å². The number of hydrogen-bond donors (Lipinski definition) is 2. The monoisotopic (exact) mass is 262 g/mol. The van der Waals surface area contributed by atoms with Crippen molar-refractivity contribution in [3.8, 4) is 0 Å². The number of nitrogens with one attached hydrogen (secondary N) is 2. The molecule has 19 heavy (non-hydrogen) atoms. The lowest BCUT2D eigenvalue weighted by molar-refractivity contribution is -0.120. The lowest BCUT2D eigenvalue weighted by atomic mass is 10.0. The molecule has 2 rings (SSSR count). The molecule has 1 aromatic rings. The zero-order chi connectivity index (χ0) is 13.8. The van der Waals surface area contributed by atoms with Gasteiger partial charge in [-0.2, -0.15) is 0 Å². The summed E-state index contributed by atoms with van der Waals surface area (Å²) in [4.78, 5) is 12.1. The zero-order valence-corrected chi connectivity index (χ0v) is 11.8. The van der Waals surface area contributed by atoms with Crippen LogP contribution in [-0.4, -0.2) is 31.7 Å². The molecule has 4 heteroatoms. The molecule has 0 spiro atoms. The van der Waals surface area contributed by atoms with Gasteiger partial charge in [-0.25, -0.2) is 0 Å². The summed E-state index contributed by atoms with van der Waals surface area (Å²) in [5.74, 6) is 0.427. The van der Waals surface area contributed by atoms with Crippen LogP contribution in [0.25, 0.3) is 0 Å². The maximum Gasteiger partial charge on any atom is 0.243 e. The summed E-state index contributed by atoms with van der Waals surface area (Å²) in [5, 5.41) is 6.15. The lowest BCUT2D eigenvalue weighted by Crippen LogP contribution is -2.48. The zero-order valence-electron chi connectivity index (χ0n) is 11.8. The van der Waals surface area contributed by atoms with E-state index in [1.54, 1.807) is 0 Å². The predicted octanol–water partition coefficient (Wildman–Crippen LogP) is 2.05. The van der Waals surface area contributed by atoms with Crippen LogP contribution in [0.5, 0.6) is 0 Å². The number of benzene rings is 1. The SMILES string of the molecule is Cc1ccc(C(C)C)cc1NC(=O)C1COCCN1. The lowest BCUT2D eigenvalue weighted by Gasteiger charge is -2.23. The first-order valence-electron chi connectivity index (χ1n) is 6.80. The molecular formula is C15H22N2O2. The van der Waals surface area contributed by atoms with E-state index in [4.69, 9.17) is 4.74 Å². The second-order valence-electron chi connectivity index (χ2n) is 5.30. The molecule has 1 aliphatic rings. The largest absolute Gasteiger partial charge is 0.378 e.